The summed E-state index contributed by atoms with van der Waals surface area (Å²) in [6, 6.07) is 9.37. The first-order valence-corrected chi connectivity index (χ1v) is 9.25. The van der Waals surface area contributed by atoms with Crippen LogP contribution in [0.1, 0.15) is 27.7 Å². The van der Waals surface area contributed by atoms with Crippen molar-refractivity contribution in [2.75, 3.05) is 27.4 Å². The van der Waals surface area contributed by atoms with Crippen molar-refractivity contribution in [2.24, 2.45) is 0 Å². The molecule has 0 aliphatic carbocycles. The summed E-state index contributed by atoms with van der Waals surface area (Å²) in [6.45, 7) is 2.37. The summed E-state index contributed by atoms with van der Waals surface area (Å²) in [6.07, 6.45) is 3.31. The second kappa shape index (κ2) is 7.92. The fourth-order valence-corrected chi connectivity index (χ4v) is 3.34. The maximum atomic E-state index is 13.0. The normalized spacial score (nSPS) is 13.5. The van der Waals surface area contributed by atoms with E-state index in [1.165, 1.54) is 0 Å². The van der Waals surface area contributed by atoms with E-state index in [1.54, 1.807) is 31.5 Å². The van der Waals surface area contributed by atoms with E-state index >= 15 is 0 Å². The molecule has 8 nitrogen and oxygen atoms in total. The number of nitrogens with zero attached hydrogens (tertiary/aromatic N) is 3. The van der Waals surface area contributed by atoms with Crippen molar-refractivity contribution in [3.05, 3.63) is 59.6 Å². The van der Waals surface area contributed by atoms with Crippen LogP contribution in [0.2, 0.25) is 0 Å². The van der Waals surface area contributed by atoms with Crippen LogP contribution in [0.3, 0.4) is 0 Å². The molecule has 1 aromatic carbocycles. The molecule has 29 heavy (non-hydrogen) atoms. The van der Waals surface area contributed by atoms with Gasteiger partial charge in [0.05, 0.1) is 6.04 Å². The molecule has 3 aromatic rings. The third-order valence-corrected chi connectivity index (χ3v) is 4.90. The molecule has 150 valence electrons. The molecule has 4 rings (SSSR count). The second-order valence-corrected chi connectivity index (χ2v) is 7.00. The lowest BCUT2D eigenvalue weighted by Gasteiger charge is -2.25. The monoisotopic (exact) mass is 394 g/mol. The van der Waals surface area contributed by atoms with E-state index in [9.17, 15) is 4.79 Å². The van der Waals surface area contributed by atoms with Crippen molar-refractivity contribution < 1.29 is 18.8 Å². The van der Waals surface area contributed by atoms with Crippen LogP contribution in [0, 0.1) is 6.92 Å². The van der Waals surface area contributed by atoms with Crippen LogP contribution in [-0.4, -0.2) is 48.4 Å². The van der Waals surface area contributed by atoms with Gasteiger partial charge in [-0.2, -0.15) is 0 Å². The molecule has 1 aliphatic heterocycles. The van der Waals surface area contributed by atoms with Gasteiger partial charge >= 0.3 is 0 Å². The predicted octanol–water partition coefficient (Wildman–Crippen LogP) is 2.81. The number of aryl methyl sites for hydroxylation is 1. The van der Waals surface area contributed by atoms with Gasteiger partial charge in [-0.15, -0.1) is 0 Å². The molecule has 1 atom stereocenters. The average molecular weight is 394 g/mol. The Bertz CT molecular complexity index is 1020. The largest absolute Gasteiger partial charge is 0.454 e. The van der Waals surface area contributed by atoms with E-state index < -0.39 is 0 Å². The van der Waals surface area contributed by atoms with Gasteiger partial charge in [0.2, 0.25) is 6.79 Å². The number of carbonyl (C=O) groups excluding carboxylic acids is 1. The number of hydrogen-bond donors (Lipinski definition) is 1. The van der Waals surface area contributed by atoms with Crippen molar-refractivity contribution >= 4 is 5.91 Å². The molecular formula is C21H22N4O4. The third kappa shape index (κ3) is 3.79. The quantitative estimate of drug-likeness (QED) is 0.687. The molecule has 3 heterocycles. The highest BCUT2D eigenvalue weighted by atomic mass is 16.7. The van der Waals surface area contributed by atoms with E-state index in [2.05, 4.69) is 15.5 Å². The van der Waals surface area contributed by atoms with Crippen molar-refractivity contribution in [1.82, 2.24) is 20.4 Å². The number of pyridine rings is 1. The van der Waals surface area contributed by atoms with Gasteiger partial charge in [-0.1, -0.05) is 11.2 Å². The van der Waals surface area contributed by atoms with Crippen molar-refractivity contribution in [3.63, 3.8) is 0 Å². The topological polar surface area (TPSA) is 89.7 Å². The number of ether oxygens (including phenoxy) is 2. The summed E-state index contributed by atoms with van der Waals surface area (Å²) in [4.78, 5) is 19.0. The second-order valence-electron chi connectivity index (χ2n) is 7.00. The first-order valence-electron chi connectivity index (χ1n) is 9.25. The maximum absolute atomic E-state index is 13.0. The first-order chi connectivity index (χ1) is 14.0. The number of amides is 1. The van der Waals surface area contributed by atoms with Crippen molar-refractivity contribution in [2.45, 2.75) is 13.0 Å². The van der Waals surface area contributed by atoms with Gasteiger partial charge in [0, 0.05) is 24.5 Å². The Morgan fingerprint density at radius 3 is 2.69 bits per heavy atom. The molecule has 0 unspecified atom stereocenters. The SMILES string of the molecule is Cc1onc(-c2ccncc2)c1C(=O)NC[C@H](c1ccc2c(c1)OCO2)N(C)C. The van der Waals surface area contributed by atoms with Crippen molar-refractivity contribution in [1.29, 1.82) is 0 Å². The van der Waals surface area contributed by atoms with Gasteiger partial charge < -0.3 is 24.2 Å². The molecule has 2 aromatic heterocycles. The van der Waals surface area contributed by atoms with Gasteiger partial charge in [-0.05, 0) is 50.8 Å². The Hall–Kier alpha value is -3.39. The summed E-state index contributed by atoms with van der Waals surface area (Å²) in [5, 5.41) is 7.08. The van der Waals surface area contributed by atoms with Crippen LogP contribution in [0.4, 0.5) is 0 Å². The van der Waals surface area contributed by atoms with Crippen LogP contribution in [0.15, 0.2) is 47.2 Å². The van der Waals surface area contributed by atoms with Gasteiger partial charge in [-0.3, -0.25) is 9.78 Å². The molecule has 0 saturated heterocycles. The predicted molar refractivity (Wildman–Crippen MR) is 106 cm³/mol. The summed E-state index contributed by atoms with van der Waals surface area (Å²) in [7, 11) is 3.93. The highest BCUT2D eigenvalue weighted by Gasteiger charge is 2.24. The lowest BCUT2D eigenvalue weighted by atomic mass is 10.0. The van der Waals surface area contributed by atoms with Gasteiger partial charge in [0.25, 0.3) is 5.91 Å². The minimum atomic E-state index is -0.233. The molecule has 0 bridgehead atoms. The molecule has 1 N–H and O–H groups in total. The molecule has 1 aliphatic rings. The van der Waals surface area contributed by atoms with E-state index in [-0.39, 0.29) is 18.7 Å². The van der Waals surface area contributed by atoms with Gasteiger partial charge in [0.15, 0.2) is 11.5 Å². The Balaban J connectivity index is 1.53. The highest BCUT2D eigenvalue weighted by molar-refractivity contribution is 6.00. The summed E-state index contributed by atoms with van der Waals surface area (Å²) in [5.41, 5.74) is 2.74. The van der Waals surface area contributed by atoms with Crippen LogP contribution < -0.4 is 14.8 Å². The van der Waals surface area contributed by atoms with E-state index in [1.807, 2.05) is 37.2 Å². The summed E-state index contributed by atoms with van der Waals surface area (Å²) < 4.78 is 16.2. The highest BCUT2D eigenvalue weighted by Crippen LogP contribution is 2.35. The number of nitrogens with one attached hydrogen (secondary N) is 1. The average Bonchev–Trinajstić information content (AvgIpc) is 3.34. The molecule has 0 fully saturated rings. The minimum absolute atomic E-state index is 0.0435. The zero-order chi connectivity index (χ0) is 20.4. The number of benzene rings is 1. The Morgan fingerprint density at radius 2 is 1.93 bits per heavy atom. The van der Waals surface area contributed by atoms with Crippen LogP contribution >= 0.6 is 0 Å². The van der Waals surface area contributed by atoms with Crippen LogP contribution in [0.5, 0.6) is 11.5 Å². The maximum Gasteiger partial charge on any atom is 0.257 e. The van der Waals surface area contributed by atoms with Gasteiger partial charge in [0.1, 0.15) is 17.0 Å². The zero-order valence-corrected chi connectivity index (χ0v) is 16.5. The number of likely N-dealkylation sites (N-methyl/N-ethyl adjacent to an activating group) is 1. The fourth-order valence-electron chi connectivity index (χ4n) is 3.34. The lowest BCUT2D eigenvalue weighted by molar-refractivity contribution is 0.0941. The fraction of sp³-hybridized carbons (Fsp3) is 0.286. The molecule has 0 saturated carbocycles. The number of hydrogen-bond acceptors (Lipinski definition) is 7. The summed E-state index contributed by atoms with van der Waals surface area (Å²) >= 11 is 0. The molecular weight excluding hydrogens is 372 g/mol. The number of rotatable bonds is 6. The van der Waals surface area contributed by atoms with E-state index in [4.69, 9.17) is 14.0 Å². The summed E-state index contributed by atoms with van der Waals surface area (Å²) in [5.74, 6) is 1.69. The van der Waals surface area contributed by atoms with Crippen molar-refractivity contribution in [3.8, 4) is 22.8 Å². The lowest BCUT2D eigenvalue weighted by Crippen LogP contribution is -2.34. The van der Waals surface area contributed by atoms with E-state index in [0.29, 0.717) is 23.6 Å². The Kier molecular flexibility index (Phi) is 5.18. The third-order valence-electron chi connectivity index (χ3n) is 4.90. The number of carbonyl (C=O) groups is 1. The standard InChI is InChI=1S/C21H22N4O4/c1-13-19(20(24-29-13)14-6-8-22-9-7-14)21(26)23-11-16(25(2)3)15-4-5-17-18(10-15)28-12-27-17/h4-10,16H,11-12H2,1-3H3,(H,23,26)/t16-/m1/s1. The van der Waals surface area contributed by atoms with Crippen LogP contribution in [0.25, 0.3) is 11.3 Å². The number of fused-ring (bicyclic) bond motifs is 1. The molecule has 8 heteroatoms. The van der Waals surface area contributed by atoms with Gasteiger partial charge in [-0.25, -0.2) is 0 Å². The first kappa shape index (κ1) is 18.9. The number of aromatic nitrogens is 2. The molecule has 0 radical (unpaired) electrons. The molecule has 0 spiro atoms. The van der Waals surface area contributed by atoms with Crippen LogP contribution in [-0.2, 0) is 0 Å². The zero-order valence-electron chi connectivity index (χ0n) is 16.5. The minimum Gasteiger partial charge on any atom is -0.454 e. The van der Waals surface area contributed by atoms with E-state index in [0.717, 1.165) is 22.6 Å². The Morgan fingerprint density at radius 1 is 1.17 bits per heavy atom. The smallest absolute Gasteiger partial charge is 0.257 e. The Labute approximate surface area is 168 Å². The molecule has 1 amide bonds.